The van der Waals surface area contributed by atoms with Crippen molar-refractivity contribution in [1.82, 2.24) is 0 Å². The van der Waals surface area contributed by atoms with Crippen LogP contribution in [0.4, 0.5) is 5.69 Å². The lowest BCUT2D eigenvalue weighted by Gasteiger charge is -2.24. The monoisotopic (exact) mass is 279 g/mol. The summed E-state index contributed by atoms with van der Waals surface area (Å²) in [6.07, 6.45) is 0. The summed E-state index contributed by atoms with van der Waals surface area (Å²) in [4.78, 5) is 2.33. The van der Waals surface area contributed by atoms with Crippen LogP contribution >= 0.6 is 0 Å². The van der Waals surface area contributed by atoms with E-state index in [9.17, 15) is 0 Å². The number of benzene rings is 2. The highest BCUT2D eigenvalue weighted by Gasteiger charge is 2.07. The van der Waals surface area contributed by atoms with E-state index >= 15 is 0 Å². The second-order valence-corrected chi connectivity index (χ2v) is 4.97. The van der Waals surface area contributed by atoms with Crippen molar-refractivity contribution in [1.29, 1.82) is 0 Å². The molecule has 0 unspecified atom stereocenters. The van der Waals surface area contributed by atoms with Crippen molar-refractivity contribution in [3.63, 3.8) is 0 Å². The summed E-state index contributed by atoms with van der Waals surface area (Å²) in [5, 5.41) is 8.87. The maximum atomic E-state index is 8.87. The molecule has 2 aromatic rings. The minimum atomic E-state index is -0.107. The first-order chi connectivity index (χ1) is 10.2. The van der Waals surface area contributed by atoms with Crippen molar-refractivity contribution in [2.75, 3.05) is 18.1 Å². The van der Waals surface area contributed by atoms with Crippen LogP contribution in [0.2, 0.25) is 0 Å². The van der Waals surface area contributed by atoms with E-state index in [1.807, 2.05) is 18.2 Å². The van der Waals surface area contributed by atoms with Gasteiger partial charge in [-0.05, 0) is 43.2 Å². The number of hydrogen-bond donors (Lipinski definition) is 1. The Labute approximate surface area is 127 Å². The Bertz CT molecular complexity index is 652. The third-order valence-electron chi connectivity index (χ3n) is 3.43. The van der Waals surface area contributed by atoms with Gasteiger partial charge in [-0.3, -0.25) is 0 Å². The Kier molecular flexibility index (Phi) is 5.43. The highest BCUT2D eigenvalue weighted by atomic mass is 16.2. The lowest BCUT2D eigenvalue weighted by atomic mass is 10.1. The fraction of sp³-hybridized carbons (Fsp3) is 0.263. The largest absolute Gasteiger partial charge is 0.384 e. The van der Waals surface area contributed by atoms with Crippen molar-refractivity contribution in [3.05, 3.63) is 65.2 Å². The molecule has 0 aliphatic carbocycles. The van der Waals surface area contributed by atoms with Gasteiger partial charge < -0.3 is 10.0 Å². The summed E-state index contributed by atoms with van der Waals surface area (Å²) < 4.78 is 0. The van der Waals surface area contributed by atoms with E-state index in [1.165, 1.54) is 16.8 Å². The Hall–Kier alpha value is -2.24. The van der Waals surface area contributed by atoms with Gasteiger partial charge in [-0.15, -0.1) is 0 Å². The van der Waals surface area contributed by atoms with Crippen molar-refractivity contribution < 1.29 is 5.11 Å². The van der Waals surface area contributed by atoms with Crippen LogP contribution in [-0.4, -0.2) is 18.3 Å². The van der Waals surface area contributed by atoms with Gasteiger partial charge >= 0.3 is 0 Å². The molecule has 0 saturated carbocycles. The lowest BCUT2D eigenvalue weighted by Crippen LogP contribution is -2.22. The second-order valence-electron chi connectivity index (χ2n) is 4.97. The van der Waals surface area contributed by atoms with Crippen molar-refractivity contribution >= 4 is 5.69 Å². The molecule has 2 aromatic carbocycles. The Balaban J connectivity index is 2.27. The number of rotatable bonds is 4. The molecule has 2 heteroatoms. The molecule has 0 atom stereocenters. The standard InChI is InChI=1S/C19H21NO/c1-3-20(19-12-6-8-16(2)14-19)15-18-10-5-4-9-17(18)11-7-13-21/h4-6,8-10,12,14,21H,3,13,15H2,1-2H3. The van der Waals surface area contributed by atoms with Gasteiger partial charge in [0, 0.05) is 24.3 Å². The first kappa shape index (κ1) is 15.2. The normalized spacial score (nSPS) is 9.86. The average Bonchev–Trinajstić information content (AvgIpc) is 2.51. The molecule has 0 aromatic heterocycles. The van der Waals surface area contributed by atoms with E-state index in [2.05, 4.69) is 60.9 Å². The third-order valence-corrected chi connectivity index (χ3v) is 3.43. The predicted molar refractivity (Wildman–Crippen MR) is 88.3 cm³/mol. The minimum absolute atomic E-state index is 0.107. The summed E-state index contributed by atoms with van der Waals surface area (Å²) in [6, 6.07) is 16.6. The molecule has 0 aliphatic rings. The maximum absolute atomic E-state index is 8.87. The van der Waals surface area contributed by atoms with Crippen LogP contribution in [0.5, 0.6) is 0 Å². The molecule has 2 nitrogen and oxygen atoms in total. The van der Waals surface area contributed by atoms with E-state index in [4.69, 9.17) is 5.11 Å². The molecule has 0 fully saturated rings. The molecule has 0 saturated heterocycles. The zero-order valence-corrected chi connectivity index (χ0v) is 12.6. The average molecular weight is 279 g/mol. The summed E-state index contributed by atoms with van der Waals surface area (Å²) in [5.74, 6) is 5.76. The molecule has 0 spiro atoms. The number of nitrogens with zero attached hydrogens (tertiary/aromatic N) is 1. The van der Waals surface area contributed by atoms with E-state index in [0.29, 0.717) is 0 Å². The van der Waals surface area contributed by atoms with Crippen molar-refractivity contribution in [3.8, 4) is 11.8 Å². The number of hydrogen-bond acceptors (Lipinski definition) is 2. The van der Waals surface area contributed by atoms with Crippen LogP contribution in [0.3, 0.4) is 0 Å². The molecule has 1 N–H and O–H groups in total. The predicted octanol–water partition coefficient (Wildman–Crippen LogP) is 3.37. The fourth-order valence-electron chi connectivity index (χ4n) is 2.33. The zero-order valence-electron chi connectivity index (χ0n) is 12.6. The van der Waals surface area contributed by atoms with Gasteiger partial charge in [0.1, 0.15) is 6.61 Å². The molecule has 21 heavy (non-hydrogen) atoms. The molecular weight excluding hydrogens is 258 g/mol. The van der Waals surface area contributed by atoms with Crippen LogP contribution in [-0.2, 0) is 6.54 Å². The van der Waals surface area contributed by atoms with E-state index in [-0.39, 0.29) is 6.61 Å². The van der Waals surface area contributed by atoms with Crippen LogP contribution in [0.15, 0.2) is 48.5 Å². The Morgan fingerprint density at radius 1 is 1.10 bits per heavy atom. The van der Waals surface area contributed by atoms with E-state index < -0.39 is 0 Å². The topological polar surface area (TPSA) is 23.5 Å². The second kappa shape index (κ2) is 7.52. The Morgan fingerprint density at radius 2 is 1.90 bits per heavy atom. The van der Waals surface area contributed by atoms with Gasteiger partial charge in [-0.1, -0.05) is 42.2 Å². The number of aliphatic hydroxyl groups excluding tert-OH is 1. The Morgan fingerprint density at radius 3 is 2.62 bits per heavy atom. The number of aliphatic hydroxyl groups is 1. The molecule has 108 valence electrons. The smallest absolute Gasteiger partial charge is 0.104 e. The van der Waals surface area contributed by atoms with Gasteiger partial charge in [0.15, 0.2) is 0 Å². The molecule has 0 aliphatic heterocycles. The molecule has 0 bridgehead atoms. The van der Waals surface area contributed by atoms with Gasteiger partial charge in [0.2, 0.25) is 0 Å². The van der Waals surface area contributed by atoms with Crippen molar-refractivity contribution in [2.24, 2.45) is 0 Å². The van der Waals surface area contributed by atoms with Crippen LogP contribution < -0.4 is 4.90 Å². The number of aryl methyl sites for hydroxylation is 1. The fourth-order valence-corrected chi connectivity index (χ4v) is 2.33. The molecule has 0 amide bonds. The van der Waals surface area contributed by atoms with Gasteiger partial charge in [0.25, 0.3) is 0 Å². The van der Waals surface area contributed by atoms with Crippen molar-refractivity contribution in [2.45, 2.75) is 20.4 Å². The highest BCUT2D eigenvalue weighted by molar-refractivity contribution is 5.50. The third kappa shape index (κ3) is 4.11. The molecule has 0 heterocycles. The van der Waals surface area contributed by atoms with Gasteiger partial charge in [-0.25, -0.2) is 0 Å². The molecular formula is C19H21NO. The van der Waals surface area contributed by atoms with Crippen LogP contribution in [0, 0.1) is 18.8 Å². The maximum Gasteiger partial charge on any atom is 0.104 e. The molecule has 2 rings (SSSR count). The van der Waals surface area contributed by atoms with Crippen LogP contribution in [0.25, 0.3) is 0 Å². The first-order valence-electron chi connectivity index (χ1n) is 7.24. The zero-order chi connectivity index (χ0) is 15.1. The first-order valence-corrected chi connectivity index (χ1v) is 7.24. The van der Waals surface area contributed by atoms with E-state index in [1.54, 1.807) is 0 Å². The minimum Gasteiger partial charge on any atom is -0.384 e. The summed E-state index contributed by atoms with van der Waals surface area (Å²) >= 11 is 0. The summed E-state index contributed by atoms with van der Waals surface area (Å²) in [5.41, 5.74) is 4.65. The molecule has 0 radical (unpaired) electrons. The summed E-state index contributed by atoms with van der Waals surface area (Å²) in [6.45, 7) is 5.91. The quantitative estimate of drug-likeness (QED) is 0.867. The van der Waals surface area contributed by atoms with E-state index in [0.717, 1.165) is 18.7 Å². The van der Waals surface area contributed by atoms with Crippen LogP contribution in [0.1, 0.15) is 23.6 Å². The van der Waals surface area contributed by atoms with Gasteiger partial charge in [-0.2, -0.15) is 0 Å². The van der Waals surface area contributed by atoms with Gasteiger partial charge in [0.05, 0.1) is 0 Å². The summed E-state index contributed by atoms with van der Waals surface area (Å²) in [7, 11) is 0. The highest BCUT2D eigenvalue weighted by Crippen LogP contribution is 2.19. The number of anilines is 1. The SMILES string of the molecule is CCN(Cc1ccccc1C#CCO)c1cccc(C)c1. The lowest BCUT2D eigenvalue weighted by molar-refractivity contribution is 0.350.